The van der Waals surface area contributed by atoms with E-state index in [4.69, 9.17) is 0 Å². The highest BCUT2D eigenvalue weighted by atomic mass is 32.2. The van der Waals surface area contributed by atoms with Gasteiger partial charge in [0.25, 0.3) is 11.8 Å². The molecule has 0 aliphatic rings. The predicted molar refractivity (Wildman–Crippen MR) is 132 cm³/mol. The van der Waals surface area contributed by atoms with Crippen LogP contribution in [0.2, 0.25) is 0 Å². The molecular weight excluding hydrogens is 456 g/mol. The molecule has 0 radical (unpaired) electrons. The Bertz CT molecular complexity index is 1240. The average molecular weight is 483 g/mol. The molecular formula is C25H26N2O4S2. The molecule has 0 saturated carbocycles. The molecule has 1 atom stereocenters. The second-order valence-electron chi connectivity index (χ2n) is 7.67. The fraction of sp³-hybridized carbons (Fsp3) is 0.200. The van der Waals surface area contributed by atoms with Gasteiger partial charge in [0.2, 0.25) is 0 Å². The Morgan fingerprint density at radius 3 is 2.24 bits per heavy atom. The number of thiophene rings is 1. The van der Waals surface area contributed by atoms with Crippen LogP contribution in [0.15, 0.2) is 76.6 Å². The quantitative estimate of drug-likeness (QED) is 0.463. The van der Waals surface area contributed by atoms with Crippen molar-refractivity contribution in [2.24, 2.45) is 0 Å². The highest BCUT2D eigenvalue weighted by Crippen LogP contribution is 2.20. The lowest BCUT2D eigenvalue weighted by Crippen LogP contribution is -2.36. The molecule has 33 heavy (non-hydrogen) atoms. The van der Waals surface area contributed by atoms with Crippen LogP contribution in [-0.4, -0.2) is 26.5 Å². The zero-order valence-corrected chi connectivity index (χ0v) is 20.3. The fourth-order valence-corrected chi connectivity index (χ4v) is 4.47. The van der Waals surface area contributed by atoms with Crippen LogP contribution in [0.4, 0.5) is 0 Å². The summed E-state index contributed by atoms with van der Waals surface area (Å²) in [6, 6.07) is 16.9. The van der Waals surface area contributed by atoms with Crippen molar-refractivity contribution in [3.8, 4) is 0 Å². The fourth-order valence-electron chi connectivity index (χ4n) is 3.18. The first-order chi connectivity index (χ1) is 15.7. The van der Waals surface area contributed by atoms with Crippen LogP contribution in [0.5, 0.6) is 0 Å². The summed E-state index contributed by atoms with van der Waals surface area (Å²) in [4.78, 5) is 27.0. The van der Waals surface area contributed by atoms with E-state index in [2.05, 4.69) is 10.6 Å². The van der Waals surface area contributed by atoms with Crippen molar-refractivity contribution in [3.63, 3.8) is 0 Å². The molecule has 2 aromatic carbocycles. The monoisotopic (exact) mass is 482 g/mol. The summed E-state index contributed by atoms with van der Waals surface area (Å²) in [7, 11) is -3.30. The summed E-state index contributed by atoms with van der Waals surface area (Å²) < 4.78 is 23.4. The number of hydrogen-bond acceptors (Lipinski definition) is 5. The van der Waals surface area contributed by atoms with Crippen molar-refractivity contribution in [3.05, 3.63) is 93.3 Å². The first kappa shape index (κ1) is 24.4. The van der Waals surface area contributed by atoms with Crippen molar-refractivity contribution in [2.75, 3.05) is 6.26 Å². The number of carbonyl (C=O) groups is 2. The second kappa shape index (κ2) is 10.6. The number of nitrogens with one attached hydrogen (secondary N) is 2. The van der Waals surface area contributed by atoms with Gasteiger partial charge in [-0.3, -0.25) is 9.59 Å². The first-order valence-corrected chi connectivity index (χ1v) is 13.2. The molecule has 0 bridgehead atoms. The van der Waals surface area contributed by atoms with Crippen LogP contribution < -0.4 is 10.6 Å². The van der Waals surface area contributed by atoms with Crippen molar-refractivity contribution < 1.29 is 18.0 Å². The number of aryl methyl sites for hydroxylation is 1. The molecule has 0 fully saturated rings. The van der Waals surface area contributed by atoms with Crippen molar-refractivity contribution >= 4 is 39.1 Å². The Kier molecular flexibility index (Phi) is 7.84. The van der Waals surface area contributed by atoms with Crippen molar-refractivity contribution in [1.82, 2.24) is 10.6 Å². The van der Waals surface area contributed by atoms with Gasteiger partial charge in [0.05, 0.1) is 10.9 Å². The van der Waals surface area contributed by atoms with E-state index < -0.39 is 15.7 Å². The van der Waals surface area contributed by atoms with Gasteiger partial charge in [-0.25, -0.2) is 8.42 Å². The minimum Gasteiger partial charge on any atom is -0.344 e. The highest BCUT2D eigenvalue weighted by Gasteiger charge is 2.19. The lowest BCUT2D eigenvalue weighted by molar-refractivity contribution is -0.118. The lowest BCUT2D eigenvalue weighted by Gasteiger charge is -2.19. The largest absolute Gasteiger partial charge is 0.344 e. The Morgan fingerprint density at radius 1 is 1.03 bits per heavy atom. The normalized spacial score (nSPS) is 12.8. The van der Waals surface area contributed by atoms with Gasteiger partial charge in [-0.2, -0.15) is 0 Å². The molecule has 1 aromatic heterocycles. The SMILES string of the molecule is CCC(NC(=O)/C(=C/c1cccs1)NC(=O)c1ccc(C)cc1)c1ccc(S(C)(=O)=O)cc1. The molecule has 0 aliphatic heterocycles. The summed E-state index contributed by atoms with van der Waals surface area (Å²) in [6.07, 6.45) is 3.38. The van der Waals surface area contributed by atoms with Crippen molar-refractivity contribution in [2.45, 2.75) is 31.2 Å². The summed E-state index contributed by atoms with van der Waals surface area (Å²) in [6.45, 7) is 3.85. The minimum atomic E-state index is -3.30. The standard InChI is InChI=1S/C25H26N2O4S2/c1-4-22(18-11-13-21(14-12-18)33(3,30)31)26-25(29)23(16-20-6-5-15-32-20)27-24(28)19-9-7-17(2)8-10-19/h5-16,22H,4H2,1-3H3,(H,26,29)(H,27,28)/b23-16-. The third-order valence-corrected chi connectivity index (χ3v) is 7.01. The van der Waals surface area contributed by atoms with E-state index >= 15 is 0 Å². The maximum atomic E-state index is 13.2. The second-order valence-corrected chi connectivity index (χ2v) is 10.7. The Labute approximate surface area is 198 Å². The Morgan fingerprint density at radius 2 is 1.70 bits per heavy atom. The zero-order chi connectivity index (χ0) is 24.0. The maximum Gasteiger partial charge on any atom is 0.268 e. The molecule has 2 amide bonds. The summed E-state index contributed by atoms with van der Waals surface area (Å²) in [5.74, 6) is -0.804. The van der Waals surface area contributed by atoms with Crippen LogP contribution in [-0.2, 0) is 14.6 Å². The van der Waals surface area contributed by atoms with E-state index in [0.717, 1.165) is 22.3 Å². The van der Waals surface area contributed by atoms with Gasteiger partial charge in [0.15, 0.2) is 9.84 Å². The van der Waals surface area contributed by atoms with Gasteiger partial charge in [-0.15, -0.1) is 11.3 Å². The zero-order valence-electron chi connectivity index (χ0n) is 18.7. The highest BCUT2D eigenvalue weighted by molar-refractivity contribution is 7.90. The maximum absolute atomic E-state index is 13.2. The van der Waals surface area contributed by atoms with E-state index in [9.17, 15) is 18.0 Å². The third kappa shape index (κ3) is 6.63. The summed E-state index contributed by atoms with van der Waals surface area (Å²) in [5.41, 5.74) is 2.40. The number of carbonyl (C=O) groups excluding carboxylic acids is 2. The minimum absolute atomic E-state index is 0.134. The van der Waals surface area contributed by atoms with Crippen LogP contribution >= 0.6 is 11.3 Å². The smallest absolute Gasteiger partial charge is 0.268 e. The molecule has 1 heterocycles. The van der Waals surface area contributed by atoms with Gasteiger partial charge in [-0.1, -0.05) is 42.8 Å². The molecule has 2 N–H and O–H groups in total. The topological polar surface area (TPSA) is 92.3 Å². The molecule has 8 heteroatoms. The first-order valence-electron chi connectivity index (χ1n) is 10.4. The number of hydrogen-bond donors (Lipinski definition) is 2. The molecule has 0 aliphatic carbocycles. The number of benzene rings is 2. The number of rotatable bonds is 8. The van der Waals surface area contributed by atoms with Crippen LogP contribution in [0, 0.1) is 6.92 Å². The van der Waals surface area contributed by atoms with Crippen molar-refractivity contribution in [1.29, 1.82) is 0 Å². The van der Waals surface area contributed by atoms with Crippen LogP contribution in [0.3, 0.4) is 0 Å². The predicted octanol–water partition coefficient (Wildman–Crippen LogP) is 4.50. The molecule has 0 saturated heterocycles. The Hall–Kier alpha value is -3.23. The molecule has 0 spiro atoms. The van der Waals surface area contributed by atoms with Gasteiger partial charge < -0.3 is 10.6 Å². The molecule has 3 aromatic rings. The van der Waals surface area contributed by atoms with Crippen LogP contribution in [0.25, 0.3) is 6.08 Å². The van der Waals surface area contributed by atoms with Crippen LogP contribution in [0.1, 0.15) is 45.7 Å². The van der Waals surface area contributed by atoms with E-state index in [1.807, 2.05) is 43.5 Å². The third-order valence-electron chi connectivity index (χ3n) is 5.06. The summed E-state index contributed by atoms with van der Waals surface area (Å²) in [5, 5.41) is 7.58. The van der Waals surface area contributed by atoms with Gasteiger partial charge >= 0.3 is 0 Å². The van der Waals surface area contributed by atoms with E-state index in [-0.39, 0.29) is 22.5 Å². The van der Waals surface area contributed by atoms with E-state index in [0.29, 0.717) is 12.0 Å². The number of amides is 2. The molecule has 6 nitrogen and oxygen atoms in total. The molecule has 3 rings (SSSR count). The lowest BCUT2D eigenvalue weighted by atomic mass is 10.0. The number of sulfone groups is 1. The molecule has 172 valence electrons. The van der Waals surface area contributed by atoms with Gasteiger partial charge in [-0.05, 0) is 60.7 Å². The molecule has 1 unspecified atom stereocenters. The van der Waals surface area contributed by atoms with Gasteiger partial charge in [0.1, 0.15) is 5.70 Å². The van der Waals surface area contributed by atoms with E-state index in [1.165, 1.54) is 23.5 Å². The van der Waals surface area contributed by atoms with E-state index in [1.54, 1.807) is 30.3 Å². The average Bonchev–Trinajstić information content (AvgIpc) is 3.30. The Balaban J connectivity index is 1.83. The van der Waals surface area contributed by atoms with Gasteiger partial charge in [0, 0.05) is 16.7 Å². The summed E-state index contributed by atoms with van der Waals surface area (Å²) >= 11 is 1.45.